The number of carboxylic acid groups (broad SMARTS) is 3. The average molecular weight is 738 g/mol. The van der Waals surface area contributed by atoms with E-state index in [1.165, 1.54) is 12.1 Å². The number of hydrogen-bond acceptors (Lipinski definition) is 17. The van der Waals surface area contributed by atoms with Gasteiger partial charge in [-0.15, -0.1) is 0 Å². The lowest BCUT2D eigenvalue weighted by molar-refractivity contribution is -0.189. The minimum Gasteiger partial charge on any atom is -0.504 e. The van der Waals surface area contributed by atoms with Crippen LogP contribution in [0.15, 0.2) is 24.0 Å². The zero-order valence-corrected chi connectivity index (χ0v) is 27.5. The van der Waals surface area contributed by atoms with E-state index in [0.29, 0.717) is 24.9 Å². The fourth-order valence-corrected chi connectivity index (χ4v) is 7.28. The summed E-state index contributed by atoms with van der Waals surface area (Å²) in [6.45, 7) is 1.37. The van der Waals surface area contributed by atoms with Gasteiger partial charge in [-0.3, -0.25) is 9.59 Å². The number of carboxylic acids is 3. The Balaban J connectivity index is 1.37. The molecule has 20 nitrogen and oxygen atoms in total. The fraction of sp³-hybridized carbons (Fsp3) is 0.531. The maximum Gasteiger partial charge on any atom is 0.348 e. The van der Waals surface area contributed by atoms with Gasteiger partial charge in [0, 0.05) is 18.0 Å². The third-order valence-corrected chi connectivity index (χ3v) is 9.77. The van der Waals surface area contributed by atoms with E-state index in [4.69, 9.17) is 34.3 Å². The first-order valence-electron chi connectivity index (χ1n) is 15.8. The molecule has 52 heavy (non-hydrogen) atoms. The van der Waals surface area contributed by atoms with Crippen LogP contribution in [-0.2, 0) is 64.3 Å². The molecule has 282 valence electrons. The Kier molecular flexibility index (Phi) is 10.2. The molecule has 9 atom stereocenters. The minimum absolute atomic E-state index is 0.0302. The maximum atomic E-state index is 13.4. The molecule has 20 heteroatoms. The number of phenols is 1. The minimum atomic E-state index is -2.77. The molecule has 7 N–H and O–H groups in total. The Hall–Kier alpha value is -5.31. The quantitative estimate of drug-likeness (QED) is 0.0781. The van der Waals surface area contributed by atoms with Gasteiger partial charge in [0.2, 0.25) is 12.2 Å². The molecule has 2 bridgehead atoms. The number of piperidine rings is 1. The highest BCUT2D eigenvalue weighted by molar-refractivity contribution is 5.90. The first-order valence-corrected chi connectivity index (χ1v) is 15.8. The summed E-state index contributed by atoms with van der Waals surface area (Å²) in [6, 6.07) is 2.80. The van der Waals surface area contributed by atoms with Crippen LogP contribution in [0.25, 0.3) is 0 Å². The number of benzene rings is 1. The number of likely N-dealkylation sites (tertiary alicyclic amines) is 1. The summed E-state index contributed by atoms with van der Waals surface area (Å²) in [5.41, 5.74) is -1.22. The van der Waals surface area contributed by atoms with Crippen molar-refractivity contribution in [2.24, 2.45) is 0 Å². The van der Waals surface area contributed by atoms with E-state index in [2.05, 4.69) is 4.74 Å². The van der Waals surface area contributed by atoms with Gasteiger partial charge < -0.3 is 64.3 Å². The molecule has 1 aromatic carbocycles. The molecule has 2 aliphatic heterocycles. The molecule has 0 radical (unpaired) electrons. The average Bonchev–Trinajstić information content (AvgIpc) is 3.43. The summed E-state index contributed by atoms with van der Waals surface area (Å²) in [4.78, 5) is 86.8. The number of ether oxygens (including phenoxy) is 5. The molecule has 1 aromatic rings. The first-order chi connectivity index (χ1) is 24.3. The zero-order valence-electron chi connectivity index (χ0n) is 27.5. The SMILES string of the molecule is C[C@H](OC(=O)[C@H](CC(=O)OC1=CC[C@@]2(O)[C@H]3Cc4ccc(O)c5c4[C@@]2(CCN3C)[C@H]1O5)OC(=O)[C@H](O)[C@@H](O)C(=O)O)C(=O)O[C@H](CC(=O)O)C(=O)O. The van der Waals surface area contributed by atoms with Crippen molar-refractivity contribution in [1.82, 2.24) is 4.90 Å². The van der Waals surface area contributed by atoms with Crippen molar-refractivity contribution in [1.29, 1.82) is 0 Å². The number of likely N-dealkylation sites (N-methyl/N-ethyl adjacent to an activating group) is 1. The summed E-state index contributed by atoms with van der Waals surface area (Å²) >= 11 is 0. The molecular weight excluding hydrogens is 702 g/mol. The number of aromatic hydroxyl groups is 1. The van der Waals surface area contributed by atoms with Gasteiger partial charge in [0.05, 0.1) is 23.9 Å². The van der Waals surface area contributed by atoms with Crippen molar-refractivity contribution in [3.8, 4) is 11.5 Å². The first kappa shape index (κ1) is 37.9. The van der Waals surface area contributed by atoms with E-state index >= 15 is 0 Å². The number of esters is 4. The smallest absolute Gasteiger partial charge is 0.348 e. The van der Waals surface area contributed by atoms with Crippen molar-refractivity contribution in [3.63, 3.8) is 0 Å². The Morgan fingerprint density at radius 1 is 0.923 bits per heavy atom. The van der Waals surface area contributed by atoms with E-state index in [0.717, 1.165) is 12.5 Å². The number of phenolic OH excluding ortho intramolecular Hbond substituents is 1. The van der Waals surface area contributed by atoms with Gasteiger partial charge in [0.25, 0.3) is 0 Å². The molecule has 1 saturated heterocycles. The number of aliphatic hydroxyl groups is 3. The fourth-order valence-electron chi connectivity index (χ4n) is 7.28. The Labute approximate surface area is 292 Å². The maximum absolute atomic E-state index is 13.4. The van der Waals surface area contributed by atoms with Gasteiger partial charge in [0.1, 0.15) is 5.76 Å². The Bertz CT molecular complexity index is 1740. The molecule has 2 heterocycles. The predicted molar refractivity (Wildman–Crippen MR) is 162 cm³/mol. The van der Waals surface area contributed by atoms with Gasteiger partial charge in [-0.05, 0) is 51.1 Å². The Morgan fingerprint density at radius 2 is 1.60 bits per heavy atom. The third kappa shape index (κ3) is 6.49. The Morgan fingerprint density at radius 3 is 2.23 bits per heavy atom. The number of rotatable bonds is 14. The highest BCUT2D eigenvalue weighted by Gasteiger charge is 2.72. The van der Waals surface area contributed by atoms with Crippen LogP contribution in [0.4, 0.5) is 0 Å². The molecule has 4 aliphatic rings. The van der Waals surface area contributed by atoms with Gasteiger partial charge >= 0.3 is 41.8 Å². The monoisotopic (exact) mass is 737 g/mol. The molecule has 5 rings (SSSR count). The second kappa shape index (κ2) is 14.0. The highest BCUT2D eigenvalue weighted by Crippen LogP contribution is 2.65. The summed E-state index contributed by atoms with van der Waals surface area (Å²) in [5, 5.41) is 69.4. The van der Waals surface area contributed by atoms with E-state index in [9.17, 15) is 54.0 Å². The number of aliphatic hydroxyl groups excluding tert-OH is 2. The van der Waals surface area contributed by atoms with Gasteiger partial charge in [-0.2, -0.15) is 0 Å². The van der Waals surface area contributed by atoms with Crippen LogP contribution in [0, 0.1) is 0 Å². The van der Waals surface area contributed by atoms with Crippen molar-refractivity contribution in [2.75, 3.05) is 13.6 Å². The number of nitrogens with zero attached hydrogens (tertiary/aromatic N) is 1. The van der Waals surface area contributed by atoms with Crippen LogP contribution in [0.2, 0.25) is 0 Å². The summed E-state index contributed by atoms with van der Waals surface area (Å²) < 4.78 is 26.0. The van der Waals surface area contributed by atoms with Crippen LogP contribution >= 0.6 is 0 Å². The van der Waals surface area contributed by atoms with Crippen LogP contribution in [0.1, 0.15) is 43.7 Å². The van der Waals surface area contributed by atoms with Crippen LogP contribution in [0.5, 0.6) is 11.5 Å². The topological polar surface area (TPSA) is 310 Å². The van der Waals surface area contributed by atoms with Crippen molar-refractivity contribution >= 4 is 41.8 Å². The second-order valence-electron chi connectivity index (χ2n) is 12.9. The molecule has 1 spiro atoms. The van der Waals surface area contributed by atoms with Crippen LogP contribution < -0.4 is 4.74 Å². The third-order valence-electron chi connectivity index (χ3n) is 9.77. The highest BCUT2D eigenvalue weighted by atomic mass is 16.6. The normalized spacial score (nSPS) is 26.8. The van der Waals surface area contributed by atoms with Gasteiger partial charge in [0.15, 0.2) is 35.9 Å². The standard InChI is InChI=1S/C32H35NO19/c1-12(28(44)50-16(26(40)41)10-19(35)36)48-29(45)17(51-30(46)23(39)22(38)27(42)43)11-20(37)49-15-5-6-32(47)18-9-13-3-4-14(34)24-21(13)31(32,25(15)52-24)7-8-33(18)2/h3-5,12,16-18,22-23,25,34,38-39,47H,6-11H2,1-2H3,(H,35,36)(H,40,41)(H,42,43)/t12-,16+,17-,18+,22+,23+,25-,31-,32+/m0/s1. The molecule has 0 aromatic heterocycles. The van der Waals surface area contributed by atoms with E-state index in [1.807, 2.05) is 11.9 Å². The molecule has 1 fully saturated rings. The lowest BCUT2D eigenvalue weighted by Gasteiger charge is -2.61. The molecule has 0 amide bonds. The van der Waals surface area contributed by atoms with E-state index in [-0.39, 0.29) is 29.7 Å². The molecule has 0 unspecified atom stereocenters. The number of aliphatic carboxylic acids is 3. The van der Waals surface area contributed by atoms with Crippen molar-refractivity contribution < 1.29 is 93.0 Å². The molecular formula is C32H35NO19. The summed E-state index contributed by atoms with van der Waals surface area (Å²) in [7, 11) is 1.86. The van der Waals surface area contributed by atoms with Gasteiger partial charge in [-0.25, -0.2) is 24.0 Å². The zero-order chi connectivity index (χ0) is 38.4. The molecule has 2 aliphatic carbocycles. The molecule has 0 saturated carbocycles. The largest absolute Gasteiger partial charge is 0.504 e. The summed E-state index contributed by atoms with van der Waals surface area (Å²) in [5.74, 6) is -12.2. The lowest BCUT2D eigenvalue weighted by atomic mass is 9.50. The number of carbonyl (C=O) groups excluding carboxylic acids is 4. The number of hydrogen-bond donors (Lipinski definition) is 7. The lowest BCUT2D eigenvalue weighted by Crippen LogP contribution is -2.74. The predicted octanol–water partition coefficient (Wildman–Crippen LogP) is -2.28. The van der Waals surface area contributed by atoms with Crippen molar-refractivity contribution in [2.45, 2.75) is 92.7 Å². The van der Waals surface area contributed by atoms with Crippen LogP contribution in [-0.4, -0.2) is 144 Å². The van der Waals surface area contributed by atoms with Gasteiger partial charge in [-0.1, -0.05) is 6.07 Å². The van der Waals surface area contributed by atoms with Crippen molar-refractivity contribution in [3.05, 3.63) is 35.1 Å². The van der Waals surface area contributed by atoms with Crippen LogP contribution in [0.3, 0.4) is 0 Å². The second-order valence-corrected chi connectivity index (χ2v) is 12.9. The number of carbonyl (C=O) groups is 7. The van der Waals surface area contributed by atoms with E-state index in [1.54, 1.807) is 6.07 Å². The van der Waals surface area contributed by atoms with E-state index < -0.39 is 102 Å². The summed E-state index contributed by atoms with van der Waals surface area (Å²) in [6.07, 6.45) is -13.5.